The number of aromatic carboxylic acids is 1. The van der Waals surface area contributed by atoms with E-state index in [9.17, 15) is 9.59 Å². The zero-order valence-corrected chi connectivity index (χ0v) is 15.8. The van der Waals surface area contributed by atoms with E-state index in [1.54, 1.807) is 18.2 Å². The highest BCUT2D eigenvalue weighted by Gasteiger charge is 2.15. The van der Waals surface area contributed by atoms with Gasteiger partial charge in [-0.15, -0.1) is 10.2 Å². The highest BCUT2D eigenvalue weighted by atomic mass is 79.9. The molecule has 0 bridgehead atoms. The summed E-state index contributed by atoms with van der Waals surface area (Å²) in [6.07, 6.45) is 0. The maximum absolute atomic E-state index is 11.7. The van der Waals surface area contributed by atoms with Gasteiger partial charge in [-0.3, -0.25) is 0 Å². The minimum atomic E-state index is -1.37. The molecule has 138 valence electrons. The smallest absolute Gasteiger partial charge is 0.351 e. The van der Waals surface area contributed by atoms with Crippen molar-refractivity contribution in [2.75, 3.05) is 14.2 Å². The number of methoxy groups -OCH3 is 2. The number of carboxylic acid groups (broad SMARTS) is 1. The second kappa shape index (κ2) is 7.58. The molecule has 0 aliphatic rings. The molecular weight excluding hydrogens is 420 g/mol. The molecule has 9 heteroatoms. The van der Waals surface area contributed by atoms with Gasteiger partial charge in [0.15, 0.2) is 0 Å². The SMILES string of the molecule is COc1cc(Br)ccc1N=Nc1cc2cc(C(=O)O)c(=O)oc2cc1OC. The zero-order valence-electron chi connectivity index (χ0n) is 14.2. The topological polar surface area (TPSA) is 111 Å². The number of fused-ring (bicyclic) bond motifs is 1. The van der Waals surface area contributed by atoms with Gasteiger partial charge in [-0.05, 0) is 30.3 Å². The van der Waals surface area contributed by atoms with Crippen LogP contribution in [0.2, 0.25) is 0 Å². The summed E-state index contributed by atoms with van der Waals surface area (Å²) in [5.41, 5.74) is -0.396. The maximum Gasteiger partial charge on any atom is 0.351 e. The van der Waals surface area contributed by atoms with Crippen LogP contribution in [0.15, 0.2) is 60.3 Å². The van der Waals surface area contributed by atoms with E-state index in [0.29, 0.717) is 28.3 Å². The van der Waals surface area contributed by atoms with E-state index >= 15 is 0 Å². The van der Waals surface area contributed by atoms with Crippen LogP contribution >= 0.6 is 15.9 Å². The Labute approximate surface area is 161 Å². The Bertz CT molecular complexity index is 1120. The first kappa shape index (κ1) is 18.6. The van der Waals surface area contributed by atoms with Crippen LogP contribution in [0.3, 0.4) is 0 Å². The molecule has 0 aliphatic heterocycles. The number of azo groups is 1. The van der Waals surface area contributed by atoms with Gasteiger partial charge in [-0.25, -0.2) is 9.59 Å². The van der Waals surface area contributed by atoms with Gasteiger partial charge in [0.25, 0.3) is 0 Å². The number of carbonyl (C=O) groups is 1. The van der Waals surface area contributed by atoms with Crippen LogP contribution in [0, 0.1) is 0 Å². The van der Waals surface area contributed by atoms with Crippen molar-refractivity contribution in [3.8, 4) is 11.5 Å². The standard InChI is InChI=1S/C18H13BrN2O6/c1-25-15-7-10(19)3-4-12(15)20-21-13-6-9-5-11(17(22)23)18(24)27-14(9)8-16(13)26-2/h3-8H,1-2H3,(H,22,23). The van der Waals surface area contributed by atoms with Crippen molar-refractivity contribution < 1.29 is 23.8 Å². The van der Waals surface area contributed by atoms with E-state index in [0.717, 1.165) is 4.47 Å². The largest absolute Gasteiger partial charge is 0.494 e. The molecule has 1 aromatic heterocycles. The zero-order chi connectivity index (χ0) is 19.6. The summed E-state index contributed by atoms with van der Waals surface area (Å²) >= 11 is 3.35. The number of hydrogen-bond acceptors (Lipinski definition) is 7. The Morgan fingerprint density at radius 2 is 1.70 bits per heavy atom. The molecule has 3 aromatic rings. The minimum absolute atomic E-state index is 0.182. The molecule has 1 N–H and O–H groups in total. The molecule has 0 saturated heterocycles. The molecule has 0 saturated carbocycles. The van der Waals surface area contributed by atoms with Crippen molar-refractivity contribution >= 4 is 44.2 Å². The van der Waals surface area contributed by atoms with Gasteiger partial charge < -0.3 is 19.0 Å². The Hall–Kier alpha value is -3.20. The first-order valence-electron chi connectivity index (χ1n) is 7.57. The first-order valence-corrected chi connectivity index (χ1v) is 8.36. The van der Waals surface area contributed by atoms with Gasteiger partial charge in [0, 0.05) is 15.9 Å². The molecule has 8 nitrogen and oxygen atoms in total. The molecule has 0 fully saturated rings. The lowest BCUT2D eigenvalue weighted by molar-refractivity contribution is 0.0692. The Morgan fingerprint density at radius 1 is 1.04 bits per heavy atom. The molecule has 2 aromatic carbocycles. The third-order valence-electron chi connectivity index (χ3n) is 3.67. The molecule has 0 aliphatic carbocycles. The average Bonchev–Trinajstić information content (AvgIpc) is 2.65. The van der Waals surface area contributed by atoms with Crippen LogP contribution in [0.5, 0.6) is 11.5 Å². The second-order valence-electron chi connectivity index (χ2n) is 5.33. The van der Waals surface area contributed by atoms with Crippen LogP contribution in [-0.4, -0.2) is 25.3 Å². The van der Waals surface area contributed by atoms with Gasteiger partial charge in [0.05, 0.1) is 14.2 Å². The summed E-state index contributed by atoms with van der Waals surface area (Å²) in [4.78, 5) is 22.9. The average molecular weight is 433 g/mol. The number of halogens is 1. The lowest BCUT2D eigenvalue weighted by Gasteiger charge is -2.07. The first-order chi connectivity index (χ1) is 12.9. The number of benzene rings is 2. The van der Waals surface area contributed by atoms with Crippen molar-refractivity contribution in [2.24, 2.45) is 10.2 Å². The molecule has 0 atom stereocenters. The molecule has 3 rings (SSSR count). The predicted octanol–water partition coefficient (Wildman–Crippen LogP) is 4.69. The highest BCUT2D eigenvalue weighted by molar-refractivity contribution is 9.10. The fourth-order valence-corrected chi connectivity index (χ4v) is 2.71. The number of ether oxygens (including phenoxy) is 2. The quantitative estimate of drug-likeness (QED) is 0.462. The molecule has 0 spiro atoms. The predicted molar refractivity (Wildman–Crippen MR) is 101 cm³/mol. The third kappa shape index (κ3) is 3.82. The van der Waals surface area contributed by atoms with Gasteiger partial charge in [-0.1, -0.05) is 15.9 Å². The van der Waals surface area contributed by atoms with E-state index < -0.39 is 17.2 Å². The summed E-state index contributed by atoms with van der Waals surface area (Å²) in [7, 11) is 2.96. The summed E-state index contributed by atoms with van der Waals surface area (Å²) < 4.78 is 16.4. The van der Waals surface area contributed by atoms with E-state index in [1.165, 1.54) is 32.4 Å². The van der Waals surface area contributed by atoms with Crippen LogP contribution in [0.1, 0.15) is 10.4 Å². The number of hydrogen-bond donors (Lipinski definition) is 1. The number of rotatable bonds is 5. The van der Waals surface area contributed by atoms with Crippen LogP contribution < -0.4 is 15.1 Å². The van der Waals surface area contributed by atoms with Crippen molar-refractivity contribution in [3.05, 3.63) is 56.9 Å². The molecule has 27 heavy (non-hydrogen) atoms. The third-order valence-corrected chi connectivity index (χ3v) is 4.16. The second-order valence-corrected chi connectivity index (χ2v) is 6.25. The van der Waals surface area contributed by atoms with E-state index in [2.05, 4.69) is 26.2 Å². The van der Waals surface area contributed by atoms with E-state index in [-0.39, 0.29) is 5.58 Å². The monoisotopic (exact) mass is 432 g/mol. The minimum Gasteiger partial charge on any atom is -0.494 e. The van der Waals surface area contributed by atoms with Crippen LogP contribution in [0.4, 0.5) is 11.4 Å². The fraction of sp³-hybridized carbons (Fsp3) is 0.111. The van der Waals surface area contributed by atoms with Crippen LogP contribution in [-0.2, 0) is 0 Å². The Balaban J connectivity index is 2.11. The lowest BCUT2D eigenvalue weighted by Crippen LogP contribution is -2.12. The Morgan fingerprint density at radius 3 is 2.37 bits per heavy atom. The number of carboxylic acids is 1. The number of nitrogens with zero attached hydrogens (tertiary/aromatic N) is 2. The van der Waals surface area contributed by atoms with E-state index in [4.69, 9.17) is 19.0 Å². The van der Waals surface area contributed by atoms with Gasteiger partial charge in [-0.2, -0.15) is 0 Å². The molecular formula is C18H13BrN2O6. The van der Waals surface area contributed by atoms with Gasteiger partial charge >= 0.3 is 11.6 Å². The molecule has 0 radical (unpaired) electrons. The fourth-order valence-electron chi connectivity index (χ4n) is 2.37. The normalized spacial score (nSPS) is 11.1. The van der Waals surface area contributed by atoms with Crippen LogP contribution in [0.25, 0.3) is 11.0 Å². The van der Waals surface area contributed by atoms with E-state index in [1.807, 2.05) is 0 Å². The lowest BCUT2D eigenvalue weighted by atomic mass is 10.1. The summed E-state index contributed by atoms with van der Waals surface area (Å²) in [5, 5.41) is 17.8. The molecule has 1 heterocycles. The van der Waals surface area contributed by atoms with Crippen molar-refractivity contribution in [1.29, 1.82) is 0 Å². The van der Waals surface area contributed by atoms with Crippen molar-refractivity contribution in [3.63, 3.8) is 0 Å². The maximum atomic E-state index is 11.7. The Kier molecular flexibility index (Phi) is 5.22. The van der Waals surface area contributed by atoms with Gasteiger partial charge in [0.1, 0.15) is 34.0 Å². The molecule has 0 amide bonds. The molecule has 0 unspecified atom stereocenters. The van der Waals surface area contributed by atoms with Crippen molar-refractivity contribution in [1.82, 2.24) is 0 Å². The summed E-state index contributed by atoms with van der Waals surface area (Å²) in [5.74, 6) is -0.537. The highest BCUT2D eigenvalue weighted by Crippen LogP contribution is 2.36. The summed E-state index contributed by atoms with van der Waals surface area (Å²) in [6, 6.07) is 9.47. The van der Waals surface area contributed by atoms with Gasteiger partial charge in [0.2, 0.25) is 0 Å². The van der Waals surface area contributed by atoms with Crippen molar-refractivity contribution in [2.45, 2.75) is 0 Å². The summed E-state index contributed by atoms with van der Waals surface area (Å²) in [6.45, 7) is 0.